The molecule has 0 spiro atoms. The molecule has 0 aromatic carbocycles. The Kier molecular flexibility index (Phi) is 38.2. The van der Waals surface area contributed by atoms with Crippen molar-refractivity contribution in [1.29, 1.82) is 0 Å². The molecule has 0 heterocycles. The average Bonchev–Trinajstić information content (AvgIpc) is 2.03. The van der Waals surface area contributed by atoms with Crippen LogP contribution >= 0.6 is 0 Å². The molecule has 0 aromatic rings. The van der Waals surface area contributed by atoms with Crippen LogP contribution in [0.3, 0.4) is 0 Å². The summed E-state index contributed by atoms with van der Waals surface area (Å²) in [5.41, 5.74) is 0. The predicted octanol–water partition coefficient (Wildman–Crippen LogP) is -1.04. The SMILES string of the molecule is [B]OC(=O)OC(=O)OC(=O)O[B].[Ca+2].[Ca+2].[H-].[H-].[H-].[H-].[H-].[H-].[H-].[H-].[Mg+2].[Mg+2]. The van der Waals surface area contributed by atoms with Crippen LogP contribution in [0.2, 0.25) is 0 Å². The van der Waals surface area contributed by atoms with Crippen molar-refractivity contribution in [2.24, 2.45) is 0 Å². The molecule has 4 radical (unpaired) electrons. The van der Waals surface area contributed by atoms with E-state index in [2.05, 4.69) is 34.9 Å². The second-order valence-corrected chi connectivity index (χ2v) is 1.19. The van der Waals surface area contributed by atoms with Gasteiger partial charge in [0.2, 0.25) is 0 Å². The van der Waals surface area contributed by atoms with Gasteiger partial charge in [0.15, 0.2) is 0 Å². The van der Waals surface area contributed by atoms with Crippen molar-refractivity contribution in [3.05, 3.63) is 0 Å². The molecule has 0 aliphatic rings. The molecule has 0 rings (SSSR count). The maximum atomic E-state index is 10.2. The molecule has 0 aliphatic carbocycles. The normalized spacial score (nSPS) is 6.00. The quantitative estimate of drug-likeness (QED) is 0.321. The van der Waals surface area contributed by atoms with Gasteiger partial charge in [-0.3, -0.25) is 0 Å². The fourth-order valence-corrected chi connectivity index (χ4v) is 0.205. The standard InChI is InChI=1S/C3B2O7.2Ca.2Mg.8H/c4-11-2(7)9-1(6)10-3(8)12-5;;;;;;;;;;;;/q;4*+2;8*-1. The minimum atomic E-state index is -1.67. The van der Waals surface area contributed by atoms with Crippen LogP contribution in [0.4, 0.5) is 14.4 Å². The van der Waals surface area contributed by atoms with Crippen LogP contribution < -0.4 is 0 Å². The summed E-state index contributed by atoms with van der Waals surface area (Å²) in [4.78, 5) is 30.3. The minimum Gasteiger partial charge on any atom is -1.00 e. The van der Waals surface area contributed by atoms with Crippen LogP contribution in [0, 0.1) is 0 Å². The van der Waals surface area contributed by atoms with Crippen LogP contribution in [-0.4, -0.2) is 156 Å². The third kappa shape index (κ3) is 18.7. The Hall–Kier alpha value is 2.39. The Morgan fingerprint density at radius 1 is 0.750 bits per heavy atom. The summed E-state index contributed by atoms with van der Waals surface area (Å²) in [5.74, 6) is 0. The number of hydrogen-bond donors (Lipinski definition) is 0. The van der Waals surface area contributed by atoms with E-state index in [4.69, 9.17) is 0 Å². The third-order valence-electron chi connectivity index (χ3n) is 0.526. The predicted molar refractivity (Wildman–Crippen MR) is 63.9 cm³/mol. The van der Waals surface area contributed by atoms with Crippen LogP contribution in [0.5, 0.6) is 0 Å². The van der Waals surface area contributed by atoms with Gasteiger partial charge in [0.05, 0.1) is 0 Å². The van der Waals surface area contributed by atoms with E-state index >= 15 is 0 Å². The molecule has 0 bridgehead atoms. The minimum absolute atomic E-state index is 0. The molecule has 7 nitrogen and oxygen atoms in total. The van der Waals surface area contributed by atoms with Gasteiger partial charge < -0.3 is 30.2 Å². The number of ether oxygens (including phenoxy) is 2. The van der Waals surface area contributed by atoms with Crippen molar-refractivity contribution in [3.63, 3.8) is 0 Å². The van der Waals surface area contributed by atoms with Crippen LogP contribution in [0.25, 0.3) is 0 Å². The molecule has 13 heteroatoms. The molecule has 0 aromatic heterocycles. The van der Waals surface area contributed by atoms with Crippen molar-refractivity contribution in [1.82, 2.24) is 0 Å². The Labute approximate surface area is 197 Å². The molecule has 0 atom stereocenters. The summed E-state index contributed by atoms with van der Waals surface area (Å²) >= 11 is 0. The van der Waals surface area contributed by atoms with Crippen molar-refractivity contribution >= 4 is 156 Å². The molecule has 0 amide bonds. The van der Waals surface area contributed by atoms with Crippen molar-refractivity contribution in [2.75, 3.05) is 0 Å². The van der Waals surface area contributed by atoms with E-state index in [1.807, 2.05) is 0 Å². The van der Waals surface area contributed by atoms with E-state index in [1.54, 1.807) is 0 Å². The first-order chi connectivity index (χ1) is 5.60. The van der Waals surface area contributed by atoms with Crippen molar-refractivity contribution < 1.29 is 44.6 Å². The summed E-state index contributed by atoms with van der Waals surface area (Å²) < 4.78 is 13.9. The topological polar surface area (TPSA) is 88.1 Å². The first-order valence-electron chi connectivity index (χ1n) is 2.31. The van der Waals surface area contributed by atoms with Gasteiger partial charge >= 0.3 is 156 Å². The van der Waals surface area contributed by atoms with Crippen molar-refractivity contribution in [2.45, 2.75) is 0 Å². The van der Waals surface area contributed by atoms with Gasteiger partial charge in [-0.25, -0.2) is 14.4 Å². The van der Waals surface area contributed by atoms with Crippen LogP contribution in [0.15, 0.2) is 0 Å². The molecule has 0 saturated heterocycles. The average molecular weight is 306 g/mol. The zero-order chi connectivity index (χ0) is 9.56. The third-order valence-corrected chi connectivity index (χ3v) is 0.526. The number of rotatable bonds is 0. The van der Waals surface area contributed by atoms with E-state index in [0.29, 0.717) is 0 Å². The second-order valence-electron chi connectivity index (χ2n) is 1.19. The monoisotopic (exact) mass is 306 g/mol. The Bertz CT molecular complexity index is 220. The largest absolute Gasteiger partial charge is 2.00 e. The van der Waals surface area contributed by atoms with Gasteiger partial charge in [-0.15, -0.1) is 0 Å². The fraction of sp³-hybridized carbons (Fsp3) is 0. The first-order valence-corrected chi connectivity index (χ1v) is 2.31. The summed E-state index contributed by atoms with van der Waals surface area (Å²) in [6.07, 6.45) is -4.74. The van der Waals surface area contributed by atoms with E-state index < -0.39 is 18.5 Å². The van der Waals surface area contributed by atoms with Gasteiger partial charge in [-0.05, 0) is 0 Å². The number of carbonyl (C=O) groups excluding carboxylic acids is 3. The maximum absolute atomic E-state index is 10.2. The second kappa shape index (κ2) is 19.7. The fourth-order valence-electron chi connectivity index (χ4n) is 0.205. The molecular weight excluding hydrogens is 298 g/mol. The van der Waals surface area contributed by atoms with Gasteiger partial charge in [0.25, 0.3) is 0 Å². The zero-order valence-corrected chi connectivity index (χ0v) is 15.6. The smallest absolute Gasteiger partial charge is 1.00 e. The van der Waals surface area contributed by atoms with Gasteiger partial charge in [0, 0.05) is 0 Å². The number of hydrogen-bond acceptors (Lipinski definition) is 7. The Morgan fingerprint density at radius 2 is 1.00 bits per heavy atom. The summed E-state index contributed by atoms with van der Waals surface area (Å²) in [5, 5.41) is 0. The van der Waals surface area contributed by atoms with Crippen LogP contribution in [-0.2, 0) is 18.8 Å². The number of carbonyl (C=O) groups is 3. The molecule has 0 fully saturated rings. The van der Waals surface area contributed by atoms with Gasteiger partial charge in [-0.1, -0.05) is 0 Å². The summed E-state index contributed by atoms with van der Waals surface area (Å²) in [6.45, 7) is 0. The summed E-state index contributed by atoms with van der Waals surface area (Å²) in [6, 6.07) is 0. The molecule has 16 heavy (non-hydrogen) atoms. The molecule has 0 N–H and O–H groups in total. The first kappa shape index (κ1) is 31.0. The van der Waals surface area contributed by atoms with Crippen LogP contribution in [0.1, 0.15) is 11.4 Å². The van der Waals surface area contributed by atoms with E-state index in [9.17, 15) is 14.4 Å². The molecule has 0 unspecified atom stereocenters. The van der Waals surface area contributed by atoms with Gasteiger partial charge in [0.1, 0.15) is 0 Å². The van der Waals surface area contributed by atoms with E-state index in [0.717, 1.165) is 0 Å². The van der Waals surface area contributed by atoms with Gasteiger partial charge in [-0.2, -0.15) is 0 Å². The van der Waals surface area contributed by atoms with E-state index in [-0.39, 0.29) is 133 Å². The zero-order valence-electron chi connectivity index (χ0n) is 16.3. The Balaban J connectivity index is -0.00000000917. The van der Waals surface area contributed by atoms with E-state index in [1.165, 1.54) is 0 Å². The molecule has 76 valence electrons. The molecular formula is C3H8B2Ca2Mg2O7. The van der Waals surface area contributed by atoms with Crippen molar-refractivity contribution in [3.8, 4) is 0 Å². The molecule has 0 saturated carbocycles. The Morgan fingerprint density at radius 3 is 1.19 bits per heavy atom. The summed E-state index contributed by atoms with van der Waals surface area (Å²) in [7, 11) is 8.52. The maximum Gasteiger partial charge on any atom is 2.00 e. The molecule has 0 aliphatic heterocycles.